The molecule has 7 heteroatoms. The molecule has 5 nitrogen and oxygen atoms in total. The molecule has 1 heterocycles. The zero-order valence-electron chi connectivity index (χ0n) is 13.6. The van der Waals surface area contributed by atoms with Crippen LogP contribution in [0.25, 0.3) is 0 Å². The number of hydrogen-bond donors (Lipinski definition) is 2. The molecule has 0 saturated carbocycles. The maximum absolute atomic E-state index is 14.1. The van der Waals surface area contributed by atoms with Gasteiger partial charge in [-0.15, -0.1) is 0 Å². The van der Waals surface area contributed by atoms with Gasteiger partial charge >= 0.3 is 5.97 Å². The quantitative estimate of drug-likeness (QED) is 0.743. The highest BCUT2D eigenvalue weighted by molar-refractivity contribution is 5.72. The van der Waals surface area contributed by atoms with E-state index in [-0.39, 0.29) is 25.2 Å². The van der Waals surface area contributed by atoms with Crippen LogP contribution in [0.2, 0.25) is 0 Å². The first-order valence-electron chi connectivity index (χ1n) is 8.05. The van der Waals surface area contributed by atoms with E-state index in [9.17, 15) is 18.7 Å². The number of carbonyl (C=O) groups is 1. The number of carboxylic acid groups (broad SMARTS) is 1. The number of nitrogens with two attached hydrogens (primary N) is 1. The molecule has 1 fully saturated rings. The van der Waals surface area contributed by atoms with Crippen molar-refractivity contribution in [2.24, 2.45) is 11.7 Å². The second kappa shape index (κ2) is 8.00. The van der Waals surface area contributed by atoms with E-state index in [1.807, 2.05) is 6.92 Å². The Labute approximate surface area is 139 Å². The lowest BCUT2D eigenvalue weighted by Gasteiger charge is -2.42. The Morgan fingerprint density at radius 2 is 2.25 bits per heavy atom. The van der Waals surface area contributed by atoms with Crippen molar-refractivity contribution in [2.45, 2.75) is 37.8 Å². The maximum atomic E-state index is 14.1. The standard InChI is InChI=1S/C17H23F2NO4/c1-2-3-6-23-9-12-8-14(16(21)22)17(20,10-24-12)13-5-4-11(18)7-15(13)19/h4-5,7,12,14H,2-3,6,8-10,20H2,1H3,(H,21,22)/t12-,14+,17-/m1/s1. The van der Waals surface area contributed by atoms with E-state index >= 15 is 0 Å². The summed E-state index contributed by atoms with van der Waals surface area (Å²) in [6.07, 6.45) is 1.60. The van der Waals surface area contributed by atoms with E-state index in [1.54, 1.807) is 0 Å². The van der Waals surface area contributed by atoms with Crippen molar-refractivity contribution in [1.29, 1.82) is 0 Å². The fourth-order valence-electron chi connectivity index (χ4n) is 2.93. The van der Waals surface area contributed by atoms with E-state index in [1.165, 1.54) is 6.07 Å². The minimum absolute atomic E-state index is 0.0540. The van der Waals surface area contributed by atoms with Gasteiger partial charge in [-0.25, -0.2) is 8.78 Å². The molecule has 134 valence electrons. The first-order chi connectivity index (χ1) is 11.4. The van der Waals surface area contributed by atoms with Gasteiger partial charge < -0.3 is 20.3 Å². The highest BCUT2D eigenvalue weighted by Crippen LogP contribution is 2.37. The average molecular weight is 343 g/mol. The third-order valence-corrected chi connectivity index (χ3v) is 4.35. The summed E-state index contributed by atoms with van der Waals surface area (Å²) in [5.41, 5.74) is 4.60. The molecule has 2 rings (SSSR count). The molecule has 3 atom stereocenters. The molecule has 0 unspecified atom stereocenters. The molecular formula is C17H23F2NO4. The Hall–Kier alpha value is -1.57. The Bertz CT molecular complexity index is 584. The topological polar surface area (TPSA) is 81.8 Å². The third-order valence-electron chi connectivity index (χ3n) is 4.35. The summed E-state index contributed by atoms with van der Waals surface area (Å²) in [7, 11) is 0. The molecule has 1 saturated heterocycles. The molecule has 0 aliphatic carbocycles. The first-order valence-corrected chi connectivity index (χ1v) is 8.05. The van der Waals surface area contributed by atoms with Crippen LogP contribution in [0.15, 0.2) is 18.2 Å². The van der Waals surface area contributed by atoms with Crippen molar-refractivity contribution in [3.63, 3.8) is 0 Å². The lowest BCUT2D eigenvalue weighted by Crippen LogP contribution is -2.57. The van der Waals surface area contributed by atoms with Crippen molar-refractivity contribution in [2.75, 3.05) is 19.8 Å². The van der Waals surface area contributed by atoms with Gasteiger partial charge in [-0.3, -0.25) is 4.79 Å². The first kappa shape index (κ1) is 18.8. The molecule has 1 aliphatic heterocycles. The van der Waals surface area contributed by atoms with Crippen LogP contribution < -0.4 is 5.73 Å². The summed E-state index contributed by atoms with van der Waals surface area (Å²) in [4.78, 5) is 11.7. The van der Waals surface area contributed by atoms with Crippen molar-refractivity contribution < 1.29 is 28.2 Å². The lowest BCUT2D eigenvalue weighted by atomic mass is 9.74. The summed E-state index contributed by atoms with van der Waals surface area (Å²) < 4.78 is 38.3. The molecule has 3 N–H and O–H groups in total. The molecule has 0 aromatic heterocycles. The Balaban J connectivity index is 2.14. The Morgan fingerprint density at radius 3 is 2.88 bits per heavy atom. The fraction of sp³-hybridized carbons (Fsp3) is 0.588. The predicted molar refractivity (Wildman–Crippen MR) is 83.4 cm³/mol. The van der Waals surface area contributed by atoms with E-state index in [0.717, 1.165) is 18.9 Å². The molecule has 0 spiro atoms. The maximum Gasteiger partial charge on any atom is 0.308 e. The van der Waals surface area contributed by atoms with Crippen molar-refractivity contribution in [1.82, 2.24) is 0 Å². The van der Waals surface area contributed by atoms with Gasteiger partial charge in [-0.05, 0) is 18.9 Å². The number of hydrogen-bond acceptors (Lipinski definition) is 4. The molecule has 0 bridgehead atoms. The second-order valence-electron chi connectivity index (χ2n) is 6.15. The summed E-state index contributed by atoms with van der Waals surface area (Å²) in [5.74, 6) is -3.80. The van der Waals surface area contributed by atoms with Gasteiger partial charge in [0.1, 0.15) is 11.6 Å². The van der Waals surface area contributed by atoms with Crippen LogP contribution in [-0.4, -0.2) is 37.0 Å². The lowest BCUT2D eigenvalue weighted by molar-refractivity contribution is -0.157. The number of benzene rings is 1. The summed E-state index contributed by atoms with van der Waals surface area (Å²) in [6, 6.07) is 2.94. The van der Waals surface area contributed by atoms with Gasteiger partial charge in [-0.2, -0.15) is 0 Å². The Morgan fingerprint density at radius 1 is 1.50 bits per heavy atom. The summed E-state index contributed by atoms with van der Waals surface area (Å²) in [6.45, 7) is 2.72. The number of carboxylic acids is 1. The van der Waals surface area contributed by atoms with Gasteiger partial charge in [0, 0.05) is 18.2 Å². The molecule has 0 radical (unpaired) electrons. The Kier molecular flexibility index (Phi) is 6.26. The smallest absolute Gasteiger partial charge is 0.308 e. The van der Waals surface area contributed by atoms with E-state index < -0.39 is 35.2 Å². The second-order valence-corrected chi connectivity index (χ2v) is 6.15. The summed E-state index contributed by atoms with van der Waals surface area (Å²) >= 11 is 0. The highest BCUT2D eigenvalue weighted by atomic mass is 19.1. The number of rotatable bonds is 7. The van der Waals surface area contributed by atoms with E-state index in [0.29, 0.717) is 12.7 Å². The zero-order chi connectivity index (χ0) is 17.7. The van der Waals surface area contributed by atoms with Gasteiger partial charge in [-0.1, -0.05) is 19.4 Å². The van der Waals surface area contributed by atoms with Gasteiger partial charge in [0.2, 0.25) is 0 Å². The number of aliphatic carboxylic acids is 1. The van der Waals surface area contributed by atoms with Crippen LogP contribution in [-0.2, 0) is 19.8 Å². The molecule has 1 aromatic rings. The summed E-state index contributed by atoms with van der Waals surface area (Å²) in [5, 5.41) is 9.54. The van der Waals surface area contributed by atoms with Crippen LogP contribution in [0.1, 0.15) is 31.7 Å². The largest absolute Gasteiger partial charge is 0.481 e. The van der Waals surface area contributed by atoms with Crippen molar-refractivity contribution in [3.05, 3.63) is 35.4 Å². The molecule has 24 heavy (non-hydrogen) atoms. The molecular weight excluding hydrogens is 320 g/mol. The monoisotopic (exact) mass is 343 g/mol. The number of ether oxygens (including phenoxy) is 2. The SMILES string of the molecule is CCCCOC[C@H]1C[C@@H](C(=O)O)[C@](N)(c2ccc(F)cc2F)CO1. The van der Waals surface area contributed by atoms with E-state index in [4.69, 9.17) is 15.2 Å². The third kappa shape index (κ3) is 4.09. The normalized spacial score (nSPS) is 27.2. The van der Waals surface area contributed by atoms with E-state index in [2.05, 4.69) is 0 Å². The van der Waals surface area contributed by atoms with Gasteiger partial charge in [0.05, 0.1) is 30.8 Å². The van der Waals surface area contributed by atoms with Crippen molar-refractivity contribution >= 4 is 5.97 Å². The predicted octanol–water partition coefficient (Wildman–Crippen LogP) is 2.43. The van der Waals surface area contributed by atoms with Gasteiger partial charge in [0.25, 0.3) is 0 Å². The molecule has 0 amide bonds. The minimum atomic E-state index is -1.55. The van der Waals surface area contributed by atoms with Crippen LogP contribution >= 0.6 is 0 Å². The minimum Gasteiger partial charge on any atom is -0.481 e. The van der Waals surface area contributed by atoms with Crippen LogP contribution in [0, 0.1) is 17.6 Å². The molecule has 1 aliphatic rings. The molecule has 1 aromatic carbocycles. The van der Waals surface area contributed by atoms with Crippen LogP contribution in [0.3, 0.4) is 0 Å². The average Bonchev–Trinajstić information content (AvgIpc) is 2.52. The van der Waals surface area contributed by atoms with Crippen LogP contribution in [0.4, 0.5) is 8.78 Å². The highest BCUT2D eigenvalue weighted by Gasteiger charge is 2.48. The zero-order valence-corrected chi connectivity index (χ0v) is 13.6. The van der Waals surface area contributed by atoms with Crippen molar-refractivity contribution in [3.8, 4) is 0 Å². The number of halogens is 2. The number of unbranched alkanes of at least 4 members (excludes halogenated alkanes) is 1. The van der Waals surface area contributed by atoms with Gasteiger partial charge in [0.15, 0.2) is 0 Å². The fourth-order valence-corrected chi connectivity index (χ4v) is 2.93. The van der Waals surface area contributed by atoms with Crippen LogP contribution in [0.5, 0.6) is 0 Å².